The lowest BCUT2D eigenvalue weighted by atomic mass is 9.95. The Bertz CT molecular complexity index is 369. The van der Waals surface area contributed by atoms with Crippen molar-refractivity contribution in [1.82, 2.24) is 10.3 Å². The molecular weight excluding hydrogens is 214 g/mol. The summed E-state index contributed by atoms with van der Waals surface area (Å²) in [6.45, 7) is 0. The fraction of sp³-hybridized carbons (Fsp3) is 0.538. The second-order valence-electron chi connectivity index (χ2n) is 4.49. The first-order chi connectivity index (χ1) is 8.29. The molecule has 0 saturated heterocycles. The lowest BCUT2D eigenvalue weighted by Gasteiger charge is -2.22. The molecule has 0 bridgehead atoms. The zero-order chi connectivity index (χ0) is 12.1. The molecule has 92 valence electrons. The van der Waals surface area contributed by atoms with Crippen molar-refractivity contribution >= 4 is 11.6 Å². The minimum Gasteiger partial charge on any atom is -0.387 e. The summed E-state index contributed by atoms with van der Waals surface area (Å²) >= 11 is 0. The lowest BCUT2D eigenvalue weighted by Crippen LogP contribution is -2.36. The second-order valence-corrected chi connectivity index (χ2v) is 4.49. The van der Waals surface area contributed by atoms with Crippen molar-refractivity contribution in [3.63, 3.8) is 0 Å². The lowest BCUT2D eigenvalue weighted by molar-refractivity contribution is 0.0922. The number of rotatable bonds is 3. The molecule has 0 atom stereocenters. The molecule has 1 saturated carbocycles. The predicted molar refractivity (Wildman–Crippen MR) is 68.1 cm³/mol. The van der Waals surface area contributed by atoms with Crippen molar-refractivity contribution in [3.05, 3.63) is 24.0 Å². The number of amides is 1. The molecule has 1 heterocycles. The normalized spacial score (nSPS) is 16.5. The molecule has 2 N–H and O–H groups in total. The van der Waals surface area contributed by atoms with Gasteiger partial charge in [0.1, 0.15) is 5.69 Å². The summed E-state index contributed by atoms with van der Waals surface area (Å²) in [5, 5.41) is 6.03. The predicted octanol–water partition coefficient (Wildman–Crippen LogP) is 2.19. The standard InChI is InChI=1S/C13H19N3O/c1-14-11-7-8-12(15-9-11)13(17)16-10-5-3-2-4-6-10/h7-10,14H,2-6H2,1H3,(H,16,17). The van der Waals surface area contributed by atoms with E-state index in [-0.39, 0.29) is 5.91 Å². The summed E-state index contributed by atoms with van der Waals surface area (Å²) in [5.74, 6) is -0.0560. The highest BCUT2D eigenvalue weighted by Gasteiger charge is 2.16. The van der Waals surface area contributed by atoms with Gasteiger partial charge in [-0.1, -0.05) is 19.3 Å². The summed E-state index contributed by atoms with van der Waals surface area (Å²) in [5.41, 5.74) is 1.41. The van der Waals surface area contributed by atoms with E-state index < -0.39 is 0 Å². The molecule has 17 heavy (non-hydrogen) atoms. The van der Waals surface area contributed by atoms with E-state index in [0.717, 1.165) is 18.5 Å². The maximum Gasteiger partial charge on any atom is 0.270 e. The van der Waals surface area contributed by atoms with Crippen LogP contribution in [0.5, 0.6) is 0 Å². The van der Waals surface area contributed by atoms with Crippen LogP contribution < -0.4 is 10.6 Å². The van der Waals surface area contributed by atoms with Crippen LogP contribution in [0.3, 0.4) is 0 Å². The molecule has 0 spiro atoms. The fourth-order valence-electron chi connectivity index (χ4n) is 2.18. The van der Waals surface area contributed by atoms with Crippen LogP contribution in [0.4, 0.5) is 5.69 Å². The first kappa shape index (κ1) is 11.9. The number of carbonyl (C=O) groups excluding carboxylic acids is 1. The highest BCUT2D eigenvalue weighted by molar-refractivity contribution is 5.92. The third kappa shape index (κ3) is 3.19. The molecule has 0 radical (unpaired) electrons. The summed E-state index contributed by atoms with van der Waals surface area (Å²) in [4.78, 5) is 16.1. The number of pyridine rings is 1. The van der Waals surface area contributed by atoms with Crippen molar-refractivity contribution in [2.24, 2.45) is 0 Å². The minimum atomic E-state index is -0.0560. The van der Waals surface area contributed by atoms with Gasteiger partial charge in [-0.05, 0) is 25.0 Å². The van der Waals surface area contributed by atoms with Gasteiger partial charge in [-0.2, -0.15) is 0 Å². The molecule has 1 aromatic rings. The molecule has 4 heteroatoms. The maximum absolute atomic E-state index is 11.9. The Morgan fingerprint density at radius 1 is 1.29 bits per heavy atom. The summed E-state index contributed by atoms with van der Waals surface area (Å²) in [7, 11) is 1.83. The van der Waals surface area contributed by atoms with Gasteiger partial charge in [-0.25, -0.2) is 4.98 Å². The van der Waals surface area contributed by atoms with Gasteiger partial charge in [-0.15, -0.1) is 0 Å². The van der Waals surface area contributed by atoms with Crippen LogP contribution in [0.1, 0.15) is 42.6 Å². The van der Waals surface area contributed by atoms with Crippen LogP contribution in [-0.4, -0.2) is 24.0 Å². The first-order valence-electron chi connectivity index (χ1n) is 6.24. The number of nitrogens with one attached hydrogen (secondary N) is 2. The number of nitrogens with zero attached hydrogens (tertiary/aromatic N) is 1. The van der Waals surface area contributed by atoms with Gasteiger partial charge >= 0.3 is 0 Å². The van der Waals surface area contributed by atoms with Crippen LogP contribution in [0.25, 0.3) is 0 Å². The molecule has 1 aliphatic carbocycles. The van der Waals surface area contributed by atoms with E-state index in [4.69, 9.17) is 0 Å². The fourth-order valence-corrected chi connectivity index (χ4v) is 2.18. The topological polar surface area (TPSA) is 54.0 Å². The van der Waals surface area contributed by atoms with Gasteiger partial charge in [0, 0.05) is 13.1 Å². The van der Waals surface area contributed by atoms with Crippen molar-refractivity contribution in [2.75, 3.05) is 12.4 Å². The Labute approximate surface area is 102 Å². The Kier molecular flexibility index (Phi) is 3.96. The summed E-state index contributed by atoms with van der Waals surface area (Å²) in [6, 6.07) is 3.95. The molecule has 1 aliphatic rings. The largest absolute Gasteiger partial charge is 0.387 e. The van der Waals surface area contributed by atoms with E-state index in [1.54, 1.807) is 12.3 Å². The number of carbonyl (C=O) groups is 1. The average molecular weight is 233 g/mol. The van der Waals surface area contributed by atoms with E-state index in [9.17, 15) is 4.79 Å². The van der Waals surface area contributed by atoms with Crippen molar-refractivity contribution in [2.45, 2.75) is 38.1 Å². The Hall–Kier alpha value is -1.58. The molecule has 0 unspecified atom stereocenters. The van der Waals surface area contributed by atoms with Gasteiger partial charge in [0.15, 0.2) is 0 Å². The maximum atomic E-state index is 11.9. The van der Waals surface area contributed by atoms with Crippen molar-refractivity contribution in [3.8, 4) is 0 Å². The third-order valence-corrected chi connectivity index (χ3v) is 3.23. The van der Waals surface area contributed by atoms with Gasteiger partial charge in [0.25, 0.3) is 5.91 Å². The summed E-state index contributed by atoms with van der Waals surface area (Å²) < 4.78 is 0. The van der Waals surface area contributed by atoms with E-state index in [2.05, 4.69) is 15.6 Å². The zero-order valence-electron chi connectivity index (χ0n) is 10.2. The minimum absolute atomic E-state index is 0.0560. The van der Waals surface area contributed by atoms with Gasteiger partial charge in [-0.3, -0.25) is 4.79 Å². The highest BCUT2D eigenvalue weighted by Crippen LogP contribution is 2.17. The highest BCUT2D eigenvalue weighted by atomic mass is 16.1. The van der Waals surface area contributed by atoms with E-state index in [1.807, 2.05) is 13.1 Å². The van der Waals surface area contributed by atoms with Crippen molar-refractivity contribution < 1.29 is 4.79 Å². The average Bonchev–Trinajstić information content (AvgIpc) is 2.40. The van der Waals surface area contributed by atoms with Gasteiger partial charge < -0.3 is 10.6 Å². The van der Waals surface area contributed by atoms with Crippen molar-refractivity contribution in [1.29, 1.82) is 0 Å². The van der Waals surface area contributed by atoms with Crippen LogP contribution in [0, 0.1) is 0 Å². The van der Waals surface area contributed by atoms with Crippen LogP contribution >= 0.6 is 0 Å². The van der Waals surface area contributed by atoms with Crippen LogP contribution in [0.15, 0.2) is 18.3 Å². The van der Waals surface area contributed by atoms with E-state index >= 15 is 0 Å². The first-order valence-corrected chi connectivity index (χ1v) is 6.24. The number of aromatic nitrogens is 1. The smallest absolute Gasteiger partial charge is 0.270 e. The molecule has 4 nitrogen and oxygen atoms in total. The molecule has 1 fully saturated rings. The Balaban J connectivity index is 1.93. The van der Waals surface area contributed by atoms with E-state index in [1.165, 1.54) is 19.3 Å². The van der Waals surface area contributed by atoms with Crippen LogP contribution in [-0.2, 0) is 0 Å². The Morgan fingerprint density at radius 3 is 2.65 bits per heavy atom. The molecule has 2 rings (SSSR count). The zero-order valence-corrected chi connectivity index (χ0v) is 10.2. The van der Waals surface area contributed by atoms with E-state index in [0.29, 0.717) is 11.7 Å². The Morgan fingerprint density at radius 2 is 2.06 bits per heavy atom. The number of anilines is 1. The number of hydrogen-bond acceptors (Lipinski definition) is 3. The second kappa shape index (κ2) is 5.66. The SMILES string of the molecule is CNc1ccc(C(=O)NC2CCCCC2)nc1. The van der Waals surface area contributed by atoms with Gasteiger partial charge in [0.2, 0.25) is 0 Å². The molecule has 0 aromatic carbocycles. The molecule has 1 amide bonds. The molecule has 1 aromatic heterocycles. The quantitative estimate of drug-likeness (QED) is 0.841. The number of hydrogen-bond donors (Lipinski definition) is 2. The van der Waals surface area contributed by atoms with Gasteiger partial charge in [0.05, 0.1) is 11.9 Å². The monoisotopic (exact) mass is 233 g/mol. The molecule has 0 aliphatic heterocycles. The third-order valence-electron chi connectivity index (χ3n) is 3.23. The molecular formula is C13H19N3O. The summed E-state index contributed by atoms with van der Waals surface area (Å²) in [6.07, 6.45) is 7.60. The van der Waals surface area contributed by atoms with Crippen LogP contribution in [0.2, 0.25) is 0 Å².